The van der Waals surface area contributed by atoms with E-state index in [1.807, 2.05) is 41.4 Å². The molecule has 1 aromatic heterocycles. The molecule has 0 N–H and O–H groups in total. The van der Waals surface area contributed by atoms with Gasteiger partial charge in [0.15, 0.2) is 0 Å². The zero-order valence-electron chi connectivity index (χ0n) is 11.8. The number of nitrogens with zero attached hydrogens (tertiary/aromatic N) is 3. The average Bonchev–Trinajstić information content (AvgIpc) is 2.96. The van der Waals surface area contributed by atoms with Gasteiger partial charge in [-0.3, -0.25) is 14.1 Å². The molecule has 0 bridgehead atoms. The molecule has 3 aromatic rings. The Balaban J connectivity index is 1.90. The first-order chi connectivity index (χ1) is 10.6. The van der Waals surface area contributed by atoms with E-state index >= 15 is 0 Å². The summed E-state index contributed by atoms with van der Waals surface area (Å²) in [7, 11) is 0. The Labute approximate surface area is 131 Å². The minimum Gasteiger partial charge on any atom is -0.269 e. The van der Waals surface area contributed by atoms with Crippen LogP contribution in [0.2, 0.25) is 0 Å². The van der Waals surface area contributed by atoms with E-state index in [0.29, 0.717) is 0 Å². The summed E-state index contributed by atoms with van der Waals surface area (Å²) in [5.74, 6) is 0.862. The van der Waals surface area contributed by atoms with Gasteiger partial charge in [-0.25, -0.2) is 4.98 Å². The average molecular weight is 311 g/mol. The molecule has 0 spiro atoms. The van der Waals surface area contributed by atoms with Crippen LogP contribution in [0.5, 0.6) is 0 Å². The lowest BCUT2D eigenvalue weighted by molar-refractivity contribution is -0.384. The second-order valence-corrected chi connectivity index (χ2v) is 5.78. The van der Waals surface area contributed by atoms with Gasteiger partial charge in [0.05, 0.1) is 4.92 Å². The Kier molecular flexibility index (Phi) is 3.93. The molecule has 0 amide bonds. The van der Waals surface area contributed by atoms with E-state index in [1.54, 1.807) is 18.3 Å². The number of nitro benzene ring substituents is 1. The lowest BCUT2D eigenvalue weighted by Crippen LogP contribution is -1.93. The van der Waals surface area contributed by atoms with Crippen molar-refractivity contribution in [3.63, 3.8) is 0 Å². The van der Waals surface area contributed by atoms with Crippen LogP contribution >= 0.6 is 11.9 Å². The number of aromatic nitrogens is 2. The predicted octanol–water partition coefficient (Wildman–Crippen LogP) is 4.32. The van der Waals surface area contributed by atoms with Crippen LogP contribution in [0.15, 0.2) is 65.8 Å². The van der Waals surface area contributed by atoms with Crippen molar-refractivity contribution in [1.29, 1.82) is 0 Å². The summed E-state index contributed by atoms with van der Waals surface area (Å²) in [6.07, 6.45) is 3.63. The highest BCUT2D eigenvalue weighted by Crippen LogP contribution is 2.29. The Bertz CT molecular complexity index is 812. The fourth-order valence-corrected chi connectivity index (χ4v) is 2.95. The number of benzene rings is 2. The van der Waals surface area contributed by atoms with Crippen LogP contribution in [0, 0.1) is 17.0 Å². The van der Waals surface area contributed by atoms with Gasteiger partial charge < -0.3 is 0 Å². The van der Waals surface area contributed by atoms with Gasteiger partial charge in [0.2, 0.25) is 0 Å². The lowest BCUT2D eigenvalue weighted by atomic mass is 10.1. The second kappa shape index (κ2) is 6.03. The third-order valence-corrected chi connectivity index (χ3v) is 4.22. The molecule has 0 saturated heterocycles. The fourth-order valence-electron chi connectivity index (χ4n) is 2.12. The third-order valence-electron chi connectivity index (χ3n) is 3.24. The fraction of sp³-hybridized carbons (Fsp3) is 0.0625. The van der Waals surface area contributed by atoms with E-state index in [4.69, 9.17) is 0 Å². The number of nitro groups is 1. The van der Waals surface area contributed by atoms with Crippen LogP contribution in [0.3, 0.4) is 0 Å². The largest absolute Gasteiger partial charge is 0.269 e. The Morgan fingerprint density at radius 1 is 1.14 bits per heavy atom. The predicted molar refractivity (Wildman–Crippen MR) is 86.8 cm³/mol. The van der Waals surface area contributed by atoms with E-state index in [-0.39, 0.29) is 5.69 Å². The van der Waals surface area contributed by atoms with E-state index in [9.17, 15) is 10.1 Å². The highest BCUT2D eigenvalue weighted by molar-refractivity contribution is 7.98. The Morgan fingerprint density at radius 2 is 1.86 bits per heavy atom. The molecule has 3 rings (SSSR count). The first-order valence-electron chi connectivity index (χ1n) is 6.67. The van der Waals surface area contributed by atoms with Crippen LogP contribution in [0.4, 0.5) is 5.69 Å². The van der Waals surface area contributed by atoms with Gasteiger partial charge in [-0.2, -0.15) is 0 Å². The van der Waals surface area contributed by atoms with Crippen LogP contribution in [0.1, 0.15) is 5.56 Å². The van der Waals surface area contributed by atoms with Crippen molar-refractivity contribution in [2.75, 3.05) is 0 Å². The van der Waals surface area contributed by atoms with Crippen molar-refractivity contribution in [3.8, 4) is 11.4 Å². The molecule has 0 aliphatic carbocycles. The molecule has 6 heteroatoms. The molecule has 22 heavy (non-hydrogen) atoms. The van der Waals surface area contributed by atoms with E-state index < -0.39 is 4.92 Å². The molecule has 0 aliphatic heterocycles. The second-order valence-electron chi connectivity index (χ2n) is 4.73. The molecule has 0 radical (unpaired) electrons. The summed E-state index contributed by atoms with van der Waals surface area (Å²) in [6.45, 7) is 2.05. The number of hydrogen-bond acceptors (Lipinski definition) is 4. The monoisotopic (exact) mass is 311 g/mol. The van der Waals surface area contributed by atoms with E-state index in [1.165, 1.54) is 24.1 Å². The minimum atomic E-state index is -0.398. The van der Waals surface area contributed by atoms with Crippen LogP contribution in [-0.4, -0.2) is 13.9 Å². The van der Waals surface area contributed by atoms with Crippen LogP contribution in [-0.2, 0) is 0 Å². The Morgan fingerprint density at radius 3 is 2.55 bits per heavy atom. The number of aryl methyl sites for hydroxylation is 1. The summed E-state index contributed by atoms with van der Waals surface area (Å²) in [6, 6.07) is 14.6. The number of hydrogen-bond donors (Lipinski definition) is 0. The number of non-ortho nitro benzene ring substituents is 1. The van der Waals surface area contributed by atoms with Gasteiger partial charge in [-0.05, 0) is 36.6 Å². The van der Waals surface area contributed by atoms with E-state index in [0.717, 1.165) is 21.8 Å². The standard InChI is InChI=1S/C16H13N3O2S/c1-12-4-2-3-5-15(12)16-17-10-11-18(16)22-14-8-6-13(7-9-14)19(20)21/h2-11H,1H3. The van der Waals surface area contributed by atoms with Crippen molar-refractivity contribution in [1.82, 2.24) is 8.96 Å². The quantitative estimate of drug-likeness (QED) is 0.531. The first-order valence-corrected chi connectivity index (χ1v) is 7.44. The molecule has 0 atom stereocenters. The van der Waals surface area contributed by atoms with Crippen LogP contribution < -0.4 is 0 Å². The van der Waals surface area contributed by atoms with Crippen LogP contribution in [0.25, 0.3) is 11.4 Å². The van der Waals surface area contributed by atoms with Crippen molar-refractivity contribution in [2.24, 2.45) is 0 Å². The van der Waals surface area contributed by atoms with Gasteiger partial charge in [0.25, 0.3) is 5.69 Å². The van der Waals surface area contributed by atoms with Gasteiger partial charge in [-0.1, -0.05) is 24.3 Å². The zero-order valence-corrected chi connectivity index (χ0v) is 12.7. The van der Waals surface area contributed by atoms with Gasteiger partial charge in [0, 0.05) is 35.0 Å². The molecular formula is C16H13N3O2S. The van der Waals surface area contributed by atoms with Crippen molar-refractivity contribution in [2.45, 2.75) is 11.8 Å². The minimum absolute atomic E-state index is 0.0918. The van der Waals surface area contributed by atoms with Crippen molar-refractivity contribution in [3.05, 3.63) is 76.6 Å². The normalized spacial score (nSPS) is 10.6. The molecule has 0 aliphatic rings. The van der Waals surface area contributed by atoms with Gasteiger partial charge >= 0.3 is 0 Å². The smallest absolute Gasteiger partial charge is 0.269 e. The highest BCUT2D eigenvalue weighted by Gasteiger charge is 2.10. The molecule has 0 fully saturated rings. The molecule has 5 nitrogen and oxygen atoms in total. The summed E-state index contributed by atoms with van der Waals surface area (Å²) >= 11 is 1.48. The third kappa shape index (κ3) is 2.87. The summed E-state index contributed by atoms with van der Waals surface area (Å²) in [4.78, 5) is 15.6. The van der Waals surface area contributed by atoms with Gasteiger partial charge in [-0.15, -0.1) is 0 Å². The number of rotatable bonds is 4. The summed E-state index contributed by atoms with van der Waals surface area (Å²) < 4.78 is 1.96. The topological polar surface area (TPSA) is 61.0 Å². The van der Waals surface area contributed by atoms with Gasteiger partial charge in [0.1, 0.15) is 5.82 Å². The molecule has 110 valence electrons. The zero-order chi connectivity index (χ0) is 15.5. The van der Waals surface area contributed by atoms with Crippen molar-refractivity contribution >= 4 is 17.6 Å². The number of imidazole rings is 1. The maximum atomic E-state index is 10.7. The molecule has 0 unspecified atom stereocenters. The molecule has 0 saturated carbocycles. The highest BCUT2D eigenvalue weighted by atomic mass is 32.2. The lowest BCUT2D eigenvalue weighted by Gasteiger charge is -2.08. The SMILES string of the molecule is Cc1ccccc1-c1nccn1Sc1ccc([N+](=O)[O-])cc1. The van der Waals surface area contributed by atoms with E-state index in [2.05, 4.69) is 4.98 Å². The maximum Gasteiger partial charge on any atom is 0.269 e. The first kappa shape index (κ1) is 14.3. The maximum absolute atomic E-state index is 10.7. The summed E-state index contributed by atoms with van der Waals surface area (Å²) in [5, 5.41) is 10.7. The molecule has 2 aromatic carbocycles. The molecular weight excluding hydrogens is 298 g/mol. The summed E-state index contributed by atoms with van der Waals surface area (Å²) in [5.41, 5.74) is 2.32. The Hall–Kier alpha value is -2.60. The molecule has 1 heterocycles. The van der Waals surface area contributed by atoms with Crippen molar-refractivity contribution < 1.29 is 4.92 Å².